The maximum Gasteiger partial charge on any atom is 0.314 e. The number of hydrogen-bond acceptors (Lipinski definition) is 5. The van der Waals surface area contributed by atoms with Crippen molar-refractivity contribution >= 4 is 17.4 Å². The molecule has 0 aromatic carbocycles. The van der Waals surface area contributed by atoms with Gasteiger partial charge in [0.1, 0.15) is 0 Å². The van der Waals surface area contributed by atoms with Crippen LogP contribution in [0, 0.1) is 23.0 Å². The number of carbonyl (C=O) groups excluding carboxylic acids is 1. The summed E-state index contributed by atoms with van der Waals surface area (Å²) in [5.74, 6) is 0.594. The molecule has 7 nitrogen and oxygen atoms in total. The Bertz CT molecular complexity index is 532. The third-order valence-corrected chi connectivity index (χ3v) is 3.63. The molecule has 1 saturated heterocycles. The number of nitro groups is 1. The van der Waals surface area contributed by atoms with Crippen LogP contribution in [0.2, 0.25) is 0 Å². The van der Waals surface area contributed by atoms with E-state index in [2.05, 4.69) is 10.3 Å². The van der Waals surface area contributed by atoms with E-state index in [4.69, 9.17) is 0 Å². The van der Waals surface area contributed by atoms with Crippen LogP contribution >= 0.6 is 0 Å². The van der Waals surface area contributed by atoms with E-state index < -0.39 is 4.92 Å². The number of amides is 1. The lowest BCUT2D eigenvalue weighted by molar-refractivity contribution is -0.384. The minimum Gasteiger partial charge on any atom is -0.364 e. The van der Waals surface area contributed by atoms with Gasteiger partial charge in [-0.05, 0) is 25.3 Å². The first kappa shape index (κ1) is 14.2. The lowest BCUT2D eigenvalue weighted by Gasteiger charge is -2.28. The van der Waals surface area contributed by atoms with Crippen LogP contribution < -0.4 is 5.32 Å². The first-order valence-electron chi connectivity index (χ1n) is 6.57. The molecule has 108 valence electrons. The van der Waals surface area contributed by atoms with Crippen LogP contribution in [-0.2, 0) is 4.79 Å². The van der Waals surface area contributed by atoms with Crippen molar-refractivity contribution in [3.05, 3.63) is 27.9 Å². The minimum atomic E-state index is -0.426. The molecule has 2 rings (SSSR count). The molecule has 1 aromatic rings. The van der Waals surface area contributed by atoms with E-state index in [-0.39, 0.29) is 23.3 Å². The van der Waals surface area contributed by atoms with Gasteiger partial charge in [0.2, 0.25) is 11.7 Å². The molecule has 2 heterocycles. The first-order valence-corrected chi connectivity index (χ1v) is 6.57. The van der Waals surface area contributed by atoms with Crippen molar-refractivity contribution in [2.75, 3.05) is 25.5 Å². The van der Waals surface area contributed by atoms with Crippen molar-refractivity contribution in [3.63, 3.8) is 0 Å². The van der Waals surface area contributed by atoms with Gasteiger partial charge in [0.05, 0.1) is 4.92 Å². The van der Waals surface area contributed by atoms with E-state index in [9.17, 15) is 14.9 Å². The predicted molar refractivity (Wildman–Crippen MR) is 74.5 cm³/mol. The summed E-state index contributed by atoms with van der Waals surface area (Å²) in [6.07, 6.45) is 2.92. The topological polar surface area (TPSA) is 88.4 Å². The van der Waals surface area contributed by atoms with Crippen LogP contribution in [0.15, 0.2) is 12.3 Å². The van der Waals surface area contributed by atoms with Gasteiger partial charge in [0.25, 0.3) is 0 Å². The molecule has 1 atom stereocenters. The number of pyridine rings is 1. The summed E-state index contributed by atoms with van der Waals surface area (Å²) in [6.45, 7) is 2.94. The highest BCUT2D eigenvalue weighted by molar-refractivity contribution is 5.77. The number of rotatable bonds is 4. The van der Waals surface area contributed by atoms with Gasteiger partial charge in [-0.2, -0.15) is 0 Å². The molecule has 1 aliphatic rings. The molecule has 1 fully saturated rings. The van der Waals surface area contributed by atoms with E-state index in [1.807, 2.05) is 0 Å². The average molecular weight is 278 g/mol. The molecule has 1 aromatic heterocycles. The Kier molecular flexibility index (Phi) is 4.16. The molecule has 0 unspecified atom stereocenters. The van der Waals surface area contributed by atoms with Crippen LogP contribution in [0.4, 0.5) is 11.5 Å². The highest BCUT2D eigenvalue weighted by Crippen LogP contribution is 2.26. The van der Waals surface area contributed by atoms with E-state index in [1.54, 1.807) is 31.1 Å². The third-order valence-electron chi connectivity index (χ3n) is 3.63. The Morgan fingerprint density at radius 2 is 2.35 bits per heavy atom. The second-order valence-corrected chi connectivity index (χ2v) is 5.14. The van der Waals surface area contributed by atoms with Crippen molar-refractivity contribution in [1.29, 1.82) is 0 Å². The second-order valence-electron chi connectivity index (χ2n) is 5.14. The largest absolute Gasteiger partial charge is 0.364 e. The Morgan fingerprint density at radius 3 is 3.00 bits per heavy atom. The Labute approximate surface area is 117 Å². The predicted octanol–water partition coefficient (Wildman–Crippen LogP) is 1.58. The lowest BCUT2D eigenvalue weighted by Crippen LogP contribution is -2.37. The number of aryl methyl sites for hydroxylation is 1. The second kappa shape index (κ2) is 5.85. The SMILES string of the molecule is Cc1ccnc(NC[C@H]2CCN(C)C(=O)C2)c1[N+](=O)[O-]. The van der Waals surface area contributed by atoms with Gasteiger partial charge < -0.3 is 10.2 Å². The zero-order valence-corrected chi connectivity index (χ0v) is 11.6. The summed E-state index contributed by atoms with van der Waals surface area (Å²) in [7, 11) is 1.79. The molecular weight excluding hydrogens is 260 g/mol. The van der Waals surface area contributed by atoms with Gasteiger partial charge in [-0.25, -0.2) is 4.98 Å². The molecule has 1 amide bonds. The van der Waals surface area contributed by atoms with Gasteiger partial charge in [-0.15, -0.1) is 0 Å². The quantitative estimate of drug-likeness (QED) is 0.667. The van der Waals surface area contributed by atoms with Crippen LogP contribution in [0.25, 0.3) is 0 Å². The fourth-order valence-electron chi connectivity index (χ4n) is 2.33. The number of nitrogens with one attached hydrogen (secondary N) is 1. The molecule has 7 heteroatoms. The van der Waals surface area contributed by atoms with Crippen LogP contribution in [0.3, 0.4) is 0 Å². The monoisotopic (exact) mass is 278 g/mol. The summed E-state index contributed by atoms with van der Waals surface area (Å²) in [5.41, 5.74) is 0.582. The normalized spacial score (nSPS) is 19.0. The summed E-state index contributed by atoms with van der Waals surface area (Å²) in [4.78, 5) is 28.0. The minimum absolute atomic E-state index is 0.00625. The van der Waals surface area contributed by atoms with Crippen molar-refractivity contribution in [1.82, 2.24) is 9.88 Å². The van der Waals surface area contributed by atoms with E-state index in [1.165, 1.54) is 0 Å². The Hall–Kier alpha value is -2.18. The number of hydrogen-bond donors (Lipinski definition) is 1. The highest BCUT2D eigenvalue weighted by Gasteiger charge is 2.24. The van der Waals surface area contributed by atoms with Crippen molar-refractivity contribution < 1.29 is 9.72 Å². The number of nitrogens with zero attached hydrogens (tertiary/aromatic N) is 3. The summed E-state index contributed by atoms with van der Waals surface area (Å²) in [5, 5.41) is 14.1. The molecule has 1 N–H and O–H groups in total. The maximum absolute atomic E-state index is 11.6. The van der Waals surface area contributed by atoms with Gasteiger partial charge >= 0.3 is 5.69 Å². The molecule has 1 aliphatic heterocycles. The summed E-state index contributed by atoms with van der Waals surface area (Å²) in [6, 6.07) is 1.61. The van der Waals surface area contributed by atoms with Crippen molar-refractivity contribution in [2.45, 2.75) is 19.8 Å². The van der Waals surface area contributed by atoms with Crippen LogP contribution in [0.1, 0.15) is 18.4 Å². The van der Waals surface area contributed by atoms with Crippen LogP contribution in [0.5, 0.6) is 0 Å². The molecule has 0 saturated carbocycles. The first-order chi connectivity index (χ1) is 9.49. The van der Waals surface area contributed by atoms with Gasteiger partial charge in [0.15, 0.2) is 0 Å². The Morgan fingerprint density at radius 1 is 1.60 bits per heavy atom. The molecule has 0 radical (unpaired) electrons. The van der Waals surface area contributed by atoms with E-state index >= 15 is 0 Å². The van der Waals surface area contributed by atoms with Crippen molar-refractivity contribution in [2.24, 2.45) is 5.92 Å². The number of likely N-dealkylation sites (tertiary alicyclic amines) is 1. The van der Waals surface area contributed by atoms with Gasteiger partial charge in [-0.3, -0.25) is 14.9 Å². The highest BCUT2D eigenvalue weighted by atomic mass is 16.6. The zero-order chi connectivity index (χ0) is 14.7. The number of piperidine rings is 1. The lowest BCUT2D eigenvalue weighted by atomic mass is 9.96. The molecule has 0 spiro atoms. The van der Waals surface area contributed by atoms with Gasteiger partial charge in [-0.1, -0.05) is 0 Å². The molecule has 0 bridgehead atoms. The molecule has 0 aliphatic carbocycles. The summed E-state index contributed by atoms with van der Waals surface area (Å²) >= 11 is 0. The average Bonchev–Trinajstić information content (AvgIpc) is 2.39. The molecular formula is C13H18N4O3. The molecule has 20 heavy (non-hydrogen) atoms. The van der Waals surface area contributed by atoms with E-state index in [0.29, 0.717) is 18.5 Å². The van der Waals surface area contributed by atoms with E-state index in [0.717, 1.165) is 13.0 Å². The zero-order valence-electron chi connectivity index (χ0n) is 11.6. The van der Waals surface area contributed by atoms with Crippen LogP contribution in [-0.4, -0.2) is 40.9 Å². The smallest absolute Gasteiger partial charge is 0.314 e. The third kappa shape index (κ3) is 3.04. The van der Waals surface area contributed by atoms with Crippen molar-refractivity contribution in [3.8, 4) is 0 Å². The summed E-state index contributed by atoms with van der Waals surface area (Å²) < 4.78 is 0. The number of aromatic nitrogens is 1. The number of anilines is 1. The fraction of sp³-hybridized carbons (Fsp3) is 0.538. The number of carbonyl (C=O) groups is 1. The van der Waals surface area contributed by atoms with Gasteiger partial charge in [0, 0.05) is 38.3 Å². The standard InChI is InChI=1S/C13H18N4O3/c1-9-3-5-14-13(12(9)17(19)20)15-8-10-4-6-16(2)11(18)7-10/h3,5,10H,4,6-8H2,1-2H3,(H,14,15)/t10-/m0/s1. The Balaban J connectivity index is 2.03. The fourth-order valence-corrected chi connectivity index (χ4v) is 2.33. The maximum atomic E-state index is 11.6.